The third-order valence-electron chi connectivity index (χ3n) is 2.19. The van der Waals surface area contributed by atoms with Gasteiger partial charge < -0.3 is 10.8 Å². The zero-order valence-corrected chi connectivity index (χ0v) is 9.71. The van der Waals surface area contributed by atoms with Crippen LogP contribution in [0.25, 0.3) is 0 Å². The van der Waals surface area contributed by atoms with Crippen LogP contribution in [0.4, 0.5) is 4.79 Å². The molecule has 0 atom stereocenters. The summed E-state index contributed by atoms with van der Waals surface area (Å²) in [5.41, 5.74) is 5.07. The van der Waals surface area contributed by atoms with Gasteiger partial charge in [0.1, 0.15) is 0 Å². The summed E-state index contributed by atoms with van der Waals surface area (Å²) in [4.78, 5) is 32.4. The van der Waals surface area contributed by atoms with Crippen molar-refractivity contribution in [1.29, 1.82) is 0 Å². The van der Waals surface area contributed by atoms with Crippen molar-refractivity contribution in [3.05, 3.63) is 11.4 Å². The van der Waals surface area contributed by atoms with Gasteiger partial charge in [0.2, 0.25) is 5.91 Å². The molecule has 0 unspecified atom stereocenters. The summed E-state index contributed by atoms with van der Waals surface area (Å²) in [6.07, 6.45) is 0.379. The minimum Gasteiger partial charge on any atom is -0.476 e. The first-order valence-corrected chi connectivity index (χ1v) is 5.20. The molecule has 0 spiro atoms. The van der Waals surface area contributed by atoms with Crippen LogP contribution in [0, 0.1) is 0 Å². The standard InChI is InChI=1S/C9H13N5O4/c1-2-5-7(8(16)17)12-13-14(5)4-3-6(15)11-9(10)18/h2-4H2,1H3,(H,16,17)(H3,10,11,15,18). The van der Waals surface area contributed by atoms with Crippen molar-refractivity contribution in [3.63, 3.8) is 0 Å². The largest absolute Gasteiger partial charge is 0.476 e. The number of nitrogens with one attached hydrogen (secondary N) is 1. The highest BCUT2D eigenvalue weighted by Crippen LogP contribution is 2.07. The Kier molecular flexibility index (Phi) is 4.35. The Bertz CT molecular complexity index is 481. The highest BCUT2D eigenvalue weighted by atomic mass is 16.4. The van der Waals surface area contributed by atoms with E-state index in [2.05, 4.69) is 10.3 Å². The van der Waals surface area contributed by atoms with Gasteiger partial charge in [-0.1, -0.05) is 12.1 Å². The van der Waals surface area contributed by atoms with Gasteiger partial charge in [-0.15, -0.1) is 5.10 Å². The van der Waals surface area contributed by atoms with E-state index in [4.69, 9.17) is 10.8 Å². The molecule has 98 valence electrons. The van der Waals surface area contributed by atoms with Crippen LogP contribution in [0.1, 0.15) is 29.5 Å². The van der Waals surface area contributed by atoms with Crippen LogP contribution in [0.15, 0.2) is 0 Å². The number of hydrogen-bond donors (Lipinski definition) is 3. The van der Waals surface area contributed by atoms with E-state index in [-0.39, 0.29) is 18.7 Å². The van der Waals surface area contributed by atoms with E-state index < -0.39 is 17.9 Å². The molecule has 0 fully saturated rings. The predicted octanol–water partition coefficient (Wildman–Crippen LogP) is -0.876. The third kappa shape index (κ3) is 3.27. The number of imide groups is 1. The number of carboxylic acid groups (broad SMARTS) is 1. The summed E-state index contributed by atoms with van der Waals surface area (Å²) < 4.78 is 1.32. The van der Waals surface area contributed by atoms with E-state index in [1.807, 2.05) is 5.32 Å². The minimum absolute atomic E-state index is 0.0433. The first kappa shape index (κ1) is 13.6. The Hall–Kier alpha value is -2.45. The number of nitrogens with zero attached hydrogens (tertiary/aromatic N) is 3. The van der Waals surface area contributed by atoms with E-state index in [1.165, 1.54) is 4.68 Å². The fraction of sp³-hybridized carbons (Fsp3) is 0.444. The summed E-state index contributed by atoms with van der Waals surface area (Å²) in [6, 6.07) is -0.930. The van der Waals surface area contributed by atoms with Gasteiger partial charge >= 0.3 is 12.0 Å². The number of primary amides is 1. The second-order valence-corrected chi connectivity index (χ2v) is 3.43. The first-order chi connectivity index (χ1) is 8.45. The van der Waals surface area contributed by atoms with Gasteiger partial charge in [0, 0.05) is 6.42 Å². The molecular weight excluding hydrogens is 242 g/mol. The molecule has 0 saturated heterocycles. The maximum Gasteiger partial charge on any atom is 0.358 e. The summed E-state index contributed by atoms with van der Waals surface area (Å²) >= 11 is 0. The average molecular weight is 255 g/mol. The number of amides is 3. The zero-order chi connectivity index (χ0) is 13.7. The highest BCUT2D eigenvalue weighted by molar-refractivity contribution is 5.93. The van der Waals surface area contributed by atoms with E-state index >= 15 is 0 Å². The molecule has 1 heterocycles. The number of hydrogen-bond acceptors (Lipinski definition) is 5. The Labute approximate surface area is 102 Å². The zero-order valence-electron chi connectivity index (χ0n) is 9.71. The molecule has 18 heavy (non-hydrogen) atoms. The lowest BCUT2D eigenvalue weighted by molar-refractivity contribution is -0.120. The lowest BCUT2D eigenvalue weighted by Gasteiger charge is -2.04. The topological polar surface area (TPSA) is 140 Å². The van der Waals surface area contributed by atoms with Crippen LogP contribution in [0.5, 0.6) is 0 Å². The van der Waals surface area contributed by atoms with Gasteiger partial charge in [-0.25, -0.2) is 14.3 Å². The number of aromatic carboxylic acids is 1. The van der Waals surface area contributed by atoms with Crippen LogP contribution >= 0.6 is 0 Å². The lowest BCUT2D eigenvalue weighted by Crippen LogP contribution is -2.35. The van der Waals surface area contributed by atoms with Gasteiger partial charge in [0.05, 0.1) is 12.2 Å². The molecule has 1 aromatic heterocycles. The van der Waals surface area contributed by atoms with Gasteiger partial charge in [0.15, 0.2) is 5.69 Å². The second kappa shape index (κ2) is 5.75. The smallest absolute Gasteiger partial charge is 0.358 e. The highest BCUT2D eigenvalue weighted by Gasteiger charge is 2.17. The van der Waals surface area contributed by atoms with E-state index in [0.29, 0.717) is 12.1 Å². The number of carboxylic acids is 1. The normalized spacial score (nSPS) is 10.1. The van der Waals surface area contributed by atoms with Crippen LogP contribution in [0.2, 0.25) is 0 Å². The molecule has 0 bridgehead atoms. The molecule has 0 aromatic carbocycles. The number of nitrogens with two attached hydrogens (primary N) is 1. The quantitative estimate of drug-likeness (QED) is 0.624. The molecule has 1 aromatic rings. The number of rotatable bonds is 5. The molecular formula is C9H13N5O4. The fourth-order valence-electron chi connectivity index (χ4n) is 1.44. The number of carbonyl (C=O) groups excluding carboxylic acids is 2. The first-order valence-electron chi connectivity index (χ1n) is 5.20. The second-order valence-electron chi connectivity index (χ2n) is 3.43. The molecule has 4 N–H and O–H groups in total. The summed E-state index contributed by atoms with van der Waals surface area (Å²) in [5.74, 6) is -1.73. The van der Waals surface area contributed by atoms with Crippen LogP contribution in [0.3, 0.4) is 0 Å². The minimum atomic E-state index is -1.17. The van der Waals surface area contributed by atoms with Crippen molar-refractivity contribution in [3.8, 4) is 0 Å². The van der Waals surface area contributed by atoms with E-state index in [9.17, 15) is 14.4 Å². The van der Waals surface area contributed by atoms with Crippen molar-refractivity contribution in [2.75, 3.05) is 0 Å². The Morgan fingerprint density at radius 1 is 1.44 bits per heavy atom. The average Bonchev–Trinajstić information content (AvgIpc) is 2.68. The van der Waals surface area contributed by atoms with Crippen molar-refractivity contribution < 1.29 is 19.5 Å². The SMILES string of the molecule is CCc1c(C(=O)O)nnn1CCC(=O)NC(N)=O. The number of aromatic nitrogens is 3. The number of urea groups is 1. The lowest BCUT2D eigenvalue weighted by atomic mass is 10.2. The molecule has 0 aliphatic carbocycles. The predicted molar refractivity (Wildman–Crippen MR) is 58.7 cm³/mol. The molecule has 0 radical (unpaired) electrons. The number of aryl methyl sites for hydroxylation is 1. The van der Waals surface area contributed by atoms with Crippen LogP contribution in [-0.4, -0.2) is 38.0 Å². The number of carbonyl (C=O) groups is 3. The third-order valence-corrected chi connectivity index (χ3v) is 2.19. The molecule has 9 heteroatoms. The monoisotopic (exact) mass is 255 g/mol. The van der Waals surface area contributed by atoms with Gasteiger partial charge in [-0.3, -0.25) is 10.1 Å². The molecule has 1 rings (SSSR count). The Morgan fingerprint density at radius 3 is 2.61 bits per heavy atom. The van der Waals surface area contributed by atoms with Crippen molar-refractivity contribution in [2.24, 2.45) is 5.73 Å². The van der Waals surface area contributed by atoms with Gasteiger partial charge in [0.25, 0.3) is 0 Å². The molecule has 0 saturated carbocycles. The molecule has 3 amide bonds. The van der Waals surface area contributed by atoms with Crippen molar-refractivity contribution in [1.82, 2.24) is 20.3 Å². The fourth-order valence-corrected chi connectivity index (χ4v) is 1.44. The Balaban J connectivity index is 2.71. The molecule has 9 nitrogen and oxygen atoms in total. The van der Waals surface area contributed by atoms with E-state index in [1.54, 1.807) is 6.92 Å². The van der Waals surface area contributed by atoms with Crippen LogP contribution in [-0.2, 0) is 17.8 Å². The summed E-state index contributed by atoms with van der Waals surface area (Å²) in [7, 11) is 0. The summed E-state index contributed by atoms with van der Waals surface area (Å²) in [5, 5.41) is 17.9. The van der Waals surface area contributed by atoms with E-state index in [0.717, 1.165) is 0 Å². The summed E-state index contributed by atoms with van der Waals surface area (Å²) in [6.45, 7) is 1.88. The van der Waals surface area contributed by atoms with Gasteiger partial charge in [-0.05, 0) is 6.42 Å². The van der Waals surface area contributed by atoms with Crippen molar-refractivity contribution in [2.45, 2.75) is 26.3 Å². The van der Waals surface area contributed by atoms with Crippen LogP contribution < -0.4 is 11.1 Å². The Morgan fingerprint density at radius 2 is 2.11 bits per heavy atom. The molecule has 0 aliphatic rings. The maximum absolute atomic E-state index is 11.2. The maximum atomic E-state index is 11.2. The van der Waals surface area contributed by atoms with Gasteiger partial charge in [-0.2, -0.15) is 0 Å². The van der Waals surface area contributed by atoms with Crippen molar-refractivity contribution >= 4 is 17.9 Å². The molecule has 0 aliphatic heterocycles.